The fourth-order valence-corrected chi connectivity index (χ4v) is 3.12. The zero-order valence-electron chi connectivity index (χ0n) is 10.6. The molecule has 94 valence electrons. The number of ether oxygens (including phenoxy) is 1. The van der Waals surface area contributed by atoms with Gasteiger partial charge in [-0.05, 0) is 32.3 Å². The molecule has 17 heavy (non-hydrogen) atoms. The molecule has 0 N–H and O–H groups in total. The molecule has 0 amide bonds. The summed E-state index contributed by atoms with van der Waals surface area (Å²) >= 11 is 1.68. The molecule has 0 bridgehead atoms. The zero-order chi connectivity index (χ0) is 12.3. The number of hydrogen-bond acceptors (Lipinski definition) is 3. The molecule has 1 fully saturated rings. The molecule has 0 unspecified atom stereocenters. The number of ketones is 1. The van der Waals surface area contributed by atoms with Crippen LogP contribution < -0.4 is 0 Å². The SMILES string of the molecule is Cc1cc(C(=O)COCCC2CCC2)c(C)s1. The third-order valence-electron chi connectivity index (χ3n) is 3.47. The molecule has 0 aliphatic heterocycles. The van der Waals surface area contributed by atoms with E-state index < -0.39 is 0 Å². The van der Waals surface area contributed by atoms with Gasteiger partial charge in [-0.15, -0.1) is 11.3 Å². The Kier molecular flexibility index (Phi) is 4.35. The maximum atomic E-state index is 11.9. The second kappa shape index (κ2) is 5.78. The van der Waals surface area contributed by atoms with Crippen LogP contribution in [0.4, 0.5) is 0 Å². The van der Waals surface area contributed by atoms with E-state index in [9.17, 15) is 4.79 Å². The van der Waals surface area contributed by atoms with Gasteiger partial charge in [0.2, 0.25) is 0 Å². The van der Waals surface area contributed by atoms with Crippen LogP contribution in [0.25, 0.3) is 0 Å². The lowest BCUT2D eigenvalue weighted by Crippen LogP contribution is -2.16. The highest BCUT2D eigenvalue weighted by Gasteiger charge is 2.17. The summed E-state index contributed by atoms with van der Waals surface area (Å²) in [7, 11) is 0. The minimum Gasteiger partial charge on any atom is -0.373 e. The molecule has 0 atom stereocenters. The van der Waals surface area contributed by atoms with Crippen LogP contribution in [-0.2, 0) is 4.74 Å². The van der Waals surface area contributed by atoms with Crippen LogP contribution in [0.15, 0.2) is 6.07 Å². The van der Waals surface area contributed by atoms with Gasteiger partial charge in [0.15, 0.2) is 5.78 Å². The molecular formula is C14H20O2S. The van der Waals surface area contributed by atoms with Gasteiger partial charge in [-0.2, -0.15) is 0 Å². The number of Topliss-reactive ketones (excluding diaryl/α,β-unsaturated/α-hetero) is 1. The van der Waals surface area contributed by atoms with Crippen LogP contribution in [0.5, 0.6) is 0 Å². The molecule has 1 aliphatic carbocycles. The van der Waals surface area contributed by atoms with Crippen LogP contribution >= 0.6 is 11.3 Å². The summed E-state index contributed by atoms with van der Waals surface area (Å²) in [5.74, 6) is 0.982. The van der Waals surface area contributed by atoms with Gasteiger partial charge >= 0.3 is 0 Å². The van der Waals surface area contributed by atoms with Crippen molar-refractivity contribution >= 4 is 17.1 Å². The van der Waals surface area contributed by atoms with Crippen LogP contribution in [-0.4, -0.2) is 19.0 Å². The summed E-state index contributed by atoms with van der Waals surface area (Å²) in [6, 6.07) is 1.97. The average Bonchev–Trinajstić information content (AvgIpc) is 2.54. The maximum absolute atomic E-state index is 11.9. The Hall–Kier alpha value is -0.670. The summed E-state index contributed by atoms with van der Waals surface area (Å²) in [5.41, 5.74) is 0.844. The first-order valence-corrected chi connectivity index (χ1v) is 7.16. The largest absolute Gasteiger partial charge is 0.373 e. The Balaban J connectivity index is 1.71. The predicted octanol–water partition coefficient (Wildman–Crippen LogP) is 3.75. The van der Waals surface area contributed by atoms with E-state index in [1.807, 2.05) is 19.9 Å². The van der Waals surface area contributed by atoms with E-state index in [1.165, 1.54) is 24.1 Å². The second-order valence-corrected chi connectivity index (χ2v) is 6.35. The number of rotatable bonds is 6. The molecule has 1 aromatic rings. The normalized spacial score (nSPS) is 15.9. The molecule has 1 aliphatic rings. The van der Waals surface area contributed by atoms with Crippen molar-refractivity contribution in [2.24, 2.45) is 5.92 Å². The Morgan fingerprint density at radius 1 is 1.47 bits per heavy atom. The minimum atomic E-state index is 0.125. The van der Waals surface area contributed by atoms with E-state index in [0.717, 1.165) is 29.4 Å². The predicted molar refractivity (Wildman–Crippen MR) is 70.9 cm³/mol. The first kappa shape index (κ1) is 12.8. The molecule has 2 nitrogen and oxygen atoms in total. The standard InChI is InChI=1S/C14H20O2S/c1-10-8-13(11(2)17-10)14(15)9-16-7-6-12-4-3-5-12/h8,12H,3-7,9H2,1-2H3. The van der Waals surface area contributed by atoms with Crippen molar-refractivity contribution < 1.29 is 9.53 Å². The van der Waals surface area contributed by atoms with E-state index in [0.29, 0.717) is 0 Å². The highest BCUT2D eigenvalue weighted by Crippen LogP contribution is 2.29. The monoisotopic (exact) mass is 252 g/mol. The number of carbonyl (C=O) groups is 1. The lowest BCUT2D eigenvalue weighted by atomic mass is 9.83. The molecular weight excluding hydrogens is 232 g/mol. The van der Waals surface area contributed by atoms with Crippen molar-refractivity contribution in [3.8, 4) is 0 Å². The fourth-order valence-electron chi connectivity index (χ4n) is 2.18. The topological polar surface area (TPSA) is 26.3 Å². The van der Waals surface area contributed by atoms with Gasteiger partial charge in [0, 0.05) is 21.9 Å². The van der Waals surface area contributed by atoms with E-state index in [4.69, 9.17) is 4.74 Å². The van der Waals surface area contributed by atoms with Gasteiger partial charge < -0.3 is 4.74 Å². The fraction of sp³-hybridized carbons (Fsp3) is 0.643. The van der Waals surface area contributed by atoms with E-state index in [2.05, 4.69) is 0 Å². The second-order valence-electron chi connectivity index (χ2n) is 4.89. The van der Waals surface area contributed by atoms with Crippen molar-refractivity contribution in [3.63, 3.8) is 0 Å². The zero-order valence-corrected chi connectivity index (χ0v) is 11.4. The lowest BCUT2D eigenvalue weighted by Gasteiger charge is -2.24. The first-order valence-electron chi connectivity index (χ1n) is 6.35. The third-order valence-corrected chi connectivity index (χ3v) is 4.44. The summed E-state index contributed by atoms with van der Waals surface area (Å²) < 4.78 is 5.48. The molecule has 3 heteroatoms. The van der Waals surface area contributed by atoms with E-state index in [1.54, 1.807) is 11.3 Å². The molecule has 0 aromatic carbocycles. The van der Waals surface area contributed by atoms with Gasteiger partial charge in [0.25, 0.3) is 0 Å². The first-order chi connectivity index (χ1) is 8.16. The van der Waals surface area contributed by atoms with Gasteiger partial charge in [0.1, 0.15) is 6.61 Å². The van der Waals surface area contributed by atoms with E-state index in [-0.39, 0.29) is 12.4 Å². The van der Waals surface area contributed by atoms with E-state index >= 15 is 0 Å². The van der Waals surface area contributed by atoms with Gasteiger partial charge in [0.05, 0.1) is 0 Å². The van der Waals surface area contributed by atoms with Crippen molar-refractivity contribution in [2.45, 2.75) is 39.5 Å². The minimum absolute atomic E-state index is 0.125. The summed E-state index contributed by atoms with van der Waals surface area (Å²) in [4.78, 5) is 14.2. The Morgan fingerprint density at radius 2 is 2.24 bits per heavy atom. The van der Waals surface area contributed by atoms with Crippen LogP contribution in [0.1, 0.15) is 45.8 Å². The molecule has 0 radical (unpaired) electrons. The number of thiophene rings is 1. The molecule has 0 spiro atoms. The van der Waals surface area contributed by atoms with Crippen molar-refractivity contribution in [1.29, 1.82) is 0 Å². The smallest absolute Gasteiger partial charge is 0.189 e. The maximum Gasteiger partial charge on any atom is 0.189 e. The highest BCUT2D eigenvalue weighted by atomic mass is 32.1. The highest BCUT2D eigenvalue weighted by molar-refractivity contribution is 7.12. The molecule has 1 saturated carbocycles. The molecule has 1 aromatic heterocycles. The Bertz CT molecular complexity index is 391. The van der Waals surface area contributed by atoms with Crippen LogP contribution in [0, 0.1) is 19.8 Å². The summed E-state index contributed by atoms with van der Waals surface area (Å²) in [6.07, 6.45) is 5.19. The number of hydrogen-bond donors (Lipinski definition) is 0. The van der Waals surface area contributed by atoms with Crippen molar-refractivity contribution in [1.82, 2.24) is 0 Å². The van der Waals surface area contributed by atoms with Crippen molar-refractivity contribution in [2.75, 3.05) is 13.2 Å². The van der Waals surface area contributed by atoms with Crippen LogP contribution in [0.3, 0.4) is 0 Å². The summed E-state index contributed by atoms with van der Waals surface area (Å²) in [6.45, 7) is 5.01. The molecule has 1 heterocycles. The Labute approximate surface area is 107 Å². The lowest BCUT2D eigenvalue weighted by molar-refractivity contribution is 0.0705. The third kappa shape index (κ3) is 3.39. The van der Waals surface area contributed by atoms with Crippen LogP contribution in [0.2, 0.25) is 0 Å². The van der Waals surface area contributed by atoms with Crippen molar-refractivity contribution in [3.05, 3.63) is 21.4 Å². The Morgan fingerprint density at radius 3 is 2.76 bits per heavy atom. The quantitative estimate of drug-likeness (QED) is 0.569. The van der Waals surface area contributed by atoms with Gasteiger partial charge in [-0.3, -0.25) is 4.79 Å². The number of aryl methyl sites for hydroxylation is 2. The number of carbonyl (C=O) groups excluding carboxylic acids is 1. The summed E-state index contributed by atoms with van der Waals surface area (Å²) in [5, 5.41) is 0. The molecule has 2 rings (SSSR count). The molecule has 0 saturated heterocycles. The van der Waals surface area contributed by atoms with Gasteiger partial charge in [-0.25, -0.2) is 0 Å². The van der Waals surface area contributed by atoms with Gasteiger partial charge in [-0.1, -0.05) is 19.3 Å². The average molecular weight is 252 g/mol.